The fourth-order valence-electron chi connectivity index (χ4n) is 2.36. The van der Waals surface area contributed by atoms with Gasteiger partial charge in [-0.25, -0.2) is 9.78 Å². The predicted octanol–water partition coefficient (Wildman–Crippen LogP) is 4.02. The molecule has 0 fully saturated rings. The molecule has 2 aromatic heterocycles. The Balaban J connectivity index is 2.06. The van der Waals surface area contributed by atoms with Gasteiger partial charge in [0.1, 0.15) is 15.5 Å². The molecule has 22 heavy (non-hydrogen) atoms. The number of rotatable bonds is 2. The Morgan fingerprint density at radius 1 is 1.14 bits per heavy atom. The van der Waals surface area contributed by atoms with Crippen molar-refractivity contribution in [2.45, 2.75) is 20.8 Å². The van der Waals surface area contributed by atoms with Gasteiger partial charge in [-0.05, 0) is 44.0 Å². The number of aryl methyl sites for hydroxylation is 2. The standard InChI is InChI=1S/C17H16N2O2S/c1-9-10(2)13-14(18)15(22-16(13)19-11(9)3)17(20)21-12-7-5-4-6-8-12/h4-8H,18H2,1-3H3. The first-order valence-corrected chi connectivity index (χ1v) is 7.73. The minimum absolute atomic E-state index is 0.402. The fourth-order valence-corrected chi connectivity index (χ4v) is 3.44. The zero-order chi connectivity index (χ0) is 15.9. The van der Waals surface area contributed by atoms with Gasteiger partial charge in [0.25, 0.3) is 0 Å². The van der Waals surface area contributed by atoms with Gasteiger partial charge in [-0.15, -0.1) is 11.3 Å². The summed E-state index contributed by atoms with van der Waals surface area (Å²) in [5.41, 5.74) is 9.75. The minimum atomic E-state index is -0.443. The molecule has 0 aliphatic heterocycles. The van der Waals surface area contributed by atoms with Crippen LogP contribution in [0, 0.1) is 20.8 Å². The second-order valence-corrected chi connectivity index (χ2v) is 6.17. The van der Waals surface area contributed by atoms with E-state index in [1.54, 1.807) is 12.1 Å². The van der Waals surface area contributed by atoms with Crippen LogP contribution in [-0.2, 0) is 0 Å². The molecule has 0 saturated heterocycles. The maximum atomic E-state index is 12.4. The summed E-state index contributed by atoms with van der Waals surface area (Å²) in [4.78, 5) is 18.1. The van der Waals surface area contributed by atoms with Gasteiger partial charge >= 0.3 is 5.97 Å². The summed E-state index contributed by atoms with van der Waals surface area (Å²) in [6.07, 6.45) is 0. The Morgan fingerprint density at radius 2 is 1.82 bits per heavy atom. The molecule has 0 aliphatic carbocycles. The Kier molecular flexibility index (Phi) is 3.58. The smallest absolute Gasteiger partial charge is 0.355 e. The van der Waals surface area contributed by atoms with Gasteiger partial charge in [0.15, 0.2) is 0 Å². The minimum Gasteiger partial charge on any atom is -0.422 e. The number of para-hydroxylation sites is 1. The first kappa shape index (κ1) is 14.5. The third kappa shape index (κ3) is 2.33. The van der Waals surface area contributed by atoms with Gasteiger partial charge in [-0.1, -0.05) is 18.2 Å². The number of fused-ring (bicyclic) bond motifs is 1. The van der Waals surface area contributed by atoms with Crippen LogP contribution in [0.25, 0.3) is 10.2 Å². The number of hydrogen-bond donors (Lipinski definition) is 1. The predicted molar refractivity (Wildman–Crippen MR) is 89.6 cm³/mol. The second-order valence-electron chi connectivity index (χ2n) is 5.17. The molecule has 3 rings (SSSR count). The lowest BCUT2D eigenvalue weighted by atomic mass is 10.1. The quantitative estimate of drug-likeness (QED) is 0.573. The van der Waals surface area contributed by atoms with Crippen LogP contribution in [0.1, 0.15) is 26.5 Å². The topological polar surface area (TPSA) is 65.2 Å². The summed E-state index contributed by atoms with van der Waals surface area (Å²) in [6, 6.07) is 8.97. The van der Waals surface area contributed by atoms with Crippen LogP contribution < -0.4 is 10.5 Å². The third-order valence-corrected chi connectivity index (χ3v) is 4.89. The van der Waals surface area contributed by atoms with Crippen LogP contribution in [0.2, 0.25) is 0 Å². The van der Waals surface area contributed by atoms with Crippen molar-refractivity contribution in [2.24, 2.45) is 0 Å². The zero-order valence-corrected chi connectivity index (χ0v) is 13.5. The van der Waals surface area contributed by atoms with E-state index < -0.39 is 5.97 Å². The van der Waals surface area contributed by atoms with Crippen molar-refractivity contribution in [2.75, 3.05) is 5.73 Å². The molecular weight excluding hydrogens is 296 g/mol. The molecule has 0 radical (unpaired) electrons. The summed E-state index contributed by atoms with van der Waals surface area (Å²) in [6.45, 7) is 5.97. The molecular formula is C17H16N2O2S. The summed E-state index contributed by atoms with van der Waals surface area (Å²) in [5, 5.41) is 0.855. The van der Waals surface area contributed by atoms with E-state index in [1.165, 1.54) is 11.3 Å². The van der Waals surface area contributed by atoms with Crippen molar-refractivity contribution >= 4 is 33.2 Å². The number of anilines is 1. The highest BCUT2D eigenvalue weighted by Crippen LogP contribution is 2.37. The van der Waals surface area contributed by atoms with Crippen molar-refractivity contribution in [3.63, 3.8) is 0 Å². The summed E-state index contributed by atoms with van der Waals surface area (Å²) in [5.74, 6) is 0.0582. The van der Waals surface area contributed by atoms with E-state index >= 15 is 0 Å². The molecule has 4 nitrogen and oxygen atoms in total. The number of pyridine rings is 1. The SMILES string of the molecule is Cc1nc2sc(C(=O)Oc3ccccc3)c(N)c2c(C)c1C. The van der Waals surface area contributed by atoms with Gasteiger partial charge in [0.2, 0.25) is 0 Å². The Morgan fingerprint density at radius 3 is 2.50 bits per heavy atom. The average Bonchev–Trinajstić information content (AvgIpc) is 2.83. The number of ether oxygens (including phenoxy) is 1. The molecule has 0 amide bonds. The summed E-state index contributed by atoms with van der Waals surface area (Å²) >= 11 is 1.28. The summed E-state index contributed by atoms with van der Waals surface area (Å²) in [7, 11) is 0. The van der Waals surface area contributed by atoms with Gasteiger partial charge in [0, 0.05) is 11.1 Å². The monoisotopic (exact) mass is 312 g/mol. The number of nitrogen functional groups attached to an aromatic ring is 1. The molecule has 0 saturated carbocycles. The molecule has 5 heteroatoms. The van der Waals surface area contributed by atoms with E-state index in [0.29, 0.717) is 16.3 Å². The van der Waals surface area contributed by atoms with Crippen molar-refractivity contribution in [1.29, 1.82) is 0 Å². The maximum Gasteiger partial charge on any atom is 0.355 e. The maximum absolute atomic E-state index is 12.4. The zero-order valence-electron chi connectivity index (χ0n) is 12.6. The van der Waals surface area contributed by atoms with Crippen LogP contribution in [-0.4, -0.2) is 11.0 Å². The Hall–Kier alpha value is -2.40. The molecule has 2 heterocycles. The number of nitrogens with two attached hydrogens (primary N) is 1. The van der Waals surface area contributed by atoms with E-state index in [-0.39, 0.29) is 0 Å². The van der Waals surface area contributed by atoms with Crippen molar-refractivity contribution in [1.82, 2.24) is 4.98 Å². The number of nitrogens with zero attached hydrogens (tertiary/aromatic N) is 1. The van der Waals surface area contributed by atoms with Crippen LogP contribution in [0.5, 0.6) is 5.75 Å². The lowest BCUT2D eigenvalue weighted by molar-refractivity contribution is 0.0741. The average molecular weight is 312 g/mol. The number of benzene rings is 1. The lowest BCUT2D eigenvalue weighted by Gasteiger charge is -2.06. The number of hydrogen-bond acceptors (Lipinski definition) is 5. The van der Waals surface area contributed by atoms with Gasteiger partial charge in [0.05, 0.1) is 5.69 Å². The normalized spacial score (nSPS) is 10.9. The Labute approximate surface area is 132 Å². The van der Waals surface area contributed by atoms with E-state index in [9.17, 15) is 4.79 Å². The number of aromatic nitrogens is 1. The number of carbonyl (C=O) groups is 1. The largest absolute Gasteiger partial charge is 0.422 e. The van der Waals surface area contributed by atoms with Crippen molar-refractivity contribution in [3.8, 4) is 5.75 Å². The summed E-state index contributed by atoms with van der Waals surface area (Å²) < 4.78 is 5.37. The van der Waals surface area contributed by atoms with Crippen molar-refractivity contribution in [3.05, 3.63) is 52.0 Å². The molecule has 0 unspecified atom stereocenters. The third-order valence-electron chi connectivity index (χ3n) is 3.82. The molecule has 2 N–H and O–H groups in total. The van der Waals surface area contributed by atoms with E-state index in [1.807, 2.05) is 39.0 Å². The van der Waals surface area contributed by atoms with Crippen LogP contribution in [0.3, 0.4) is 0 Å². The van der Waals surface area contributed by atoms with Crippen LogP contribution in [0.4, 0.5) is 5.69 Å². The Bertz CT molecular complexity index is 869. The molecule has 112 valence electrons. The highest BCUT2D eigenvalue weighted by molar-refractivity contribution is 7.21. The highest BCUT2D eigenvalue weighted by atomic mass is 32.1. The highest BCUT2D eigenvalue weighted by Gasteiger charge is 2.21. The lowest BCUT2D eigenvalue weighted by Crippen LogP contribution is -2.08. The molecule has 0 atom stereocenters. The number of carbonyl (C=O) groups excluding carboxylic acids is 1. The number of thiophene rings is 1. The first-order valence-electron chi connectivity index (χ1n) is 6.92. The number of esters is 1. The molecule has 3 aromatic rings. The van der Waals surface area contributed by atoms with Crippen LogP contribution >= 0.6 is 11.3 Å². The van der Waals surface area contributed by atoms with Gasteiger partial charge < -0.3 is 10.5 Å². The van der Waals surface area contributed by atoms with E-state index in [4.69, 9.17) is 10.5 Å². The first-order chi connectivity index (χ1) is 10.5. The van der Waals surface area contributed by atoms with Crippen LogP contribution in [0.15, 0.2) is 30.3 Å². The van der Waals surface area contributed by atoms with Crippen molar-refractivity contribution < 1.29 is 9.53 Å². The van der Waals surface area contributed by atoms with E-state index in [2.05, 4.69) is 4.98 Å². The molecule has 0 spiro atoms. The fraction of sp³-hybridized carbons (Fsp3) is 0.176. The van der Waals surface area contributed by atoms with Gasteiger partial charge in [-0.2, -0.15) is 0 Å². The van der Waals surface area contributed by atoms with Gasteiger partial charge in [-0.3, -0.25) is 0 Å². The molecule has 0 aliphatic rings. The van der Waals surface area contributed by atoms with E-state index in [0.717, 1.165) is 27.0 Å². The second kappa shape index (κ2) is 5.42. The molecule has 1 aromatic carbocycles. The molecule has 0 bridgehead atoms.